The summed E-state index contributed by atoms with van der Waals surface area (Å²) in [4.78, 5) is 30.8. The van der Waals surface area contributed by atoms with Crippen molar-refractivity contribution in [1.29, 1.82) is 0 Å². The number of amides is 3. The van der Waals surface area contributed by atoms with Gasteiger partial charge in [0.25, 0.3) is 0 Å². The molecule has 2 aliphatic heterocycles. The van der Waals surface area contributed by atoms with E-state index in [0.717, 1.165) is 38.4 Å². The van der Waals surface area contributed by atoms with Crippen LogP contribution >= 0.6 is 0 Å². The van der Waals surface area contributed by atoms with E-state index in [-0.39, 0.29) is 18.0 Å². The minimum atomic E-state index is -0.120. The van der Waals surface area contributed by atoms with Crippen LogP contribution in [0.4, 0.5) is 10.5 Å². The summed E-state index contributed by atoms with van der Waals surface area (Å²) in [5.74, 6) is 0.0735. The van der Waals surface area contributed by atoms with E-state index < -0.39 is 0 Å². The molecule has 1 atom stereocenters. The number of anilines is 1. The molecule has 2 saturated heterocycles. The number of piperazine rings is 1. The lowest BCUT2D eigenvalue weighted by Crippen LogP contribution is -2.53. The van der Waals surface area contributed by atoms with Crippen molar-refractivity contribution in [1.82, 2.24) is 15.1 Å². The van der Waals surface area contributed by atoms with Gasteiger partial charge in [-0.2, -0.15) is 0 Å². The van der Waals surface area contributed by atoms with Gasteiger partial charge in [-0.3, -0.25) is 4.79 Å². The summed E-state index contributed by atoms with van der Waals surface area (Å²) in [6.07, 6.45) is 0.369. The molecule has 0 bridgehead atoms. The van der Waals surface area contributed by atoms with E-state index in [1.807, 2.05) is 23.1 Å². The molecule has 1 unspecified atom stereocenters. The van der Waals surface area contributed by atoms with Crippen molar-refractivity contribution in [2.24, 2.45) is 0 Å². The molecule has 0 saturated carbocycles. The molecule has 1 aromatic rings. The van der Waals surface area contributed by atoms with E-state index in [1.54, 1.807) is 4.90 Å². The maximum Gasteiger partial charge on any atom is 0.317 e. The molecule has 2 aliphatic rings. The van der Waals surface area contributed by atoms with Gasteiger partial charge in [-0.25, -0.2) is 4.79 Å². The number of aryl methyl sites for hydroxylation is 2. The van der Waals surface area contributed by atoms with Gasteiger partial charge in [-0.05, 0) is 43.7 Å². The van der Waals surface area contributed by atoms with Gasteiger partial charge in [0, 0.05) is 44.8 Å². The van der Waals surface area contributed by atoms with Gasteiger partial charge in [0.05, 0.1) is 6.04 Å². The van der Waals surface area contributed by atoms with E-state index in [4.69, 9.17) is 0 Å². The number of urea groups is 1. The van der Waals surface area contributed by atoms with Gasteiger partial charge in [0.2, 0.25) is 5.91 Å². The smallest absolute Gasteiger partial charge is 0.317 e. The first-order chi connectivity index (χ1) is 12.0. The van der Waals surface area contributed by atoms with Crippen molar-refractivity contribution in [3.8, 4) is 0 Å². The van der Waals surface area contributed by atoms with Crippen LogP contribution < -0.4 is 10.2 Å². The molecule has 6 heteroatoms. The van der Waals surface area contributed by atoms with Crippen LogP contribution in [0.2, 0.25) is 0 Å². The Morgan fingerprint density at radius 2 is 1.88 bits per heavy atom. The van der Waals surface area contributed by atoms with Crippen molar-refractivity contribution in [2.45, 2.75) is 33.2 Å². The normalized spacial score (nSPS) is 21.7. The van der Waals surface area contributed by atoms with Crippen LogP contribution in [0.3, 0.4) is 0 Å². The number of nitrogens with zero attached hydrogens (tertiary/aromatic N) is 3. The minimum absolute atomic E-state index is 0.0458. The van der Waals surface area contributed by atoms with Crippen molar-refractivity contribution in [3.63, 3.8) is 0 Å². The highest BCUT2D eigenvalue weighted by Gasteiger charge is 2.33. The highest BCUT2D eigenvalue weighted by atomic mass is 16.2. The summed E-state index contributed by atoms with van der Waals surface area (Å²) in [7, 11) is 0. The first-order valence-electron chi connectivity index (χ1n) is 9.13. The molecular weight excluding hydrogens is 316 g/mol. The summed E-state index contributed by atoms with van der Waals surface area (Å²) in [5, 5.41) is 3.04. The third kappa shape index (κ3) is 3.95. The molecule has 25 heavy (non-hydrogen) atoms. The summed E-state index contributed by atoms with van der Waals surface area (Å²) in [6, 6.07) is 5.90. The lowest BCUT2D eigenvalue weighted by molar-refractivity contribution is -0.117. The number of likely N-dealkylation sites (N-methyl/N-ethyl adjacent to an activating group) is 1. The Morgan fingerprint density at radius 3 is 2.52 bits per heavy atom. The average molecular weight is 344 g/mol. The van der Waals surface area contributed by atoms with Gasteiger partial charge in [-0.15, -0.1) is 0 Å². The monoisotopic (exact) mass is 344 g/mol. The molecule has 0 radical (unpaired) electrons. The van der Waals surface area contributed by atoms with Crippen molar-refractivity contribution in [2.75, 3.05) is 44.2 Å². The molecule has 0 aromatic heterocycles. The number of benzene rings is 1. The largest absolute Gasteiger partial charge is 0.333 e. The van der Waals surface area contributed by atoms with Crippen molar-refractivity contribution >= 4 is 17.6 Å². The zero-order chi connectivity index (χ0) is 18.0. The second-order valence-corrected chi connectivity index (χ2v) is 7.04. The second-order valence-electron chi connectivity index (χ2n) is 7.04. The van der Waals surface area contributed by atoms with Crippen LogP contribution in [0.15, 0.2) is 18.2 Å². The van der Waals surface area contributed by atoms with Crippen LogP contribution in [0.25, 0.3) is 0 Å². The van der Waals surface area contributed by atoms with Crippen LogP contribution in [-0.4, -0.2) is 67.0 Å². The Morgan fingerprint density at radius 1 is 1.16 bits per heavy atom. The second kappa shape index (κ2) is 7.44. The molecule has 1 N–H and O–H groups in total. The van der Waals surface area contributed by atoms with E-state index in [0.29, 0.717) is 13.0 Å². The number of hydrogen-bond donors (Lipinski definition) is 1. The predicted molar refractivity (Wildman–Crippen MR) is 98.9 cm³/mol. The summed E-state index contributed by atoms with van der Waals surface area (Å²) >= 11 is 0. The Hall–Kier alpha value is -2.08. The van der Waals surface area contributed by atoms with Crippen molar-refractivity contribution in [3.05, 3.63) is 29.3 Å². The Kier molecular flexibility index (Phi) is 5.27. The van der Waals surface area contributed by atoms with Gasteiger partial charge in [0.15, 0.2) is 0 Å². The topological polar surface area (TPSA) is 55.9 Å². The minimum Gasteiger partial charge on any atom is -0.333 e. The number of nitrogens with one attached hydrogen (secondary N) is 1. The molecule has 136 valence electrons. The maximum absolute atomic E-state index is 12.5. The highest BCUT2D eigenvalue weighted by molar-refractivity contribution is 5.96. The Balaban J connectivity index is 1.57. The number of rotatable bonds is 3. The molecule has 6 nitrogen and oxygen atoms in total. The summed E-state index contributed by atoms with van der Waals surface area (Å²) in [6.45, 7) is 11.2. The van der Waals surface area contributed by atoms with Crippen molar-refractivity contribution < 1.29 is 9.59 Å². The Labute approximate surface area is 149 Å². The quantitative estimate of drug-likeness (QED) is 0.909. The van der Waals surface area contributed by atoms with E-state index in [2.05, 4.69) is 31.0 Å². The Bertz CT molecular complexity index is 653. The first kappa shape index (κ1) is 17.7. The fourth-order valence-electron chi connectivity index (χ4n) is 3.48. The van der Waals surface area contributed by atoms with Crippen LogP contribution in [-0.2, 0) is 4.79 Å². The van der Waals surface area contributed by atoms with Crippen LogP contribution in [0.5, 0.6) is 0 Å². The highest BCUT2D eigenvalue weighted by Crippen LogP contribution is 2.24. The molecule has 3 amide bonds. The van der Waals surface area contributed by atoms with Crippen LogP contribution in [0.1, 0.15) is 24.5 Å². The molecular formula is C19H28N4O2. The molecule has 0 aliphatic carbocycles. The van der Waals surface area contributed by atoms with Gasteiger partial charge >= 0.3 is 6.03 Å². The number of carbonyl (C=O) groups excluding carboxylic acids is 2. The predicted octanol–water partition coefficient (Wildman–Crippen LogP) is 1.76. The van der Waals surface area contributed by atoms with E-state index in [9.17, 15) is 9.59 Å². The lowest BCUT2D eigenvalue weighted by Gasteiger charge is -2.34. The third-order valence-corrected chi connectivity index (χ3v) is 5.36. The molecule has 2 fully saturated rings. The lowest BCUT2D eigenvalue weighted by atomic mass is 10.1. The van der Waals surface area contributed by atoms with Gasteiger partial charge in [0.1, 0.15) is 0 Å². The fourth-order valence-corrected chi connectivity index (χ4v) is 3.48. The first-order valence-corrected chi connectivity index (χ1v) is 9.13. The third-order valence-electron chi connectivity index (χ3n) is 5.36. The summed E-state index contributed by atoms with van der Waals surface area (Å²) < 4.78 is 0. The number of hydrogen-bond acceptors (Lipinski definition) is 3. The zero-order valence-electron chi connectivity index (χ0n) is 15.4. The molecule has 0 spiro atoms. The number of carbonyl (C=O) groups is 2. The van der Waals surface area contributed by atoms with E-state index in [1.165, 1.54) is 11.1 Å². The molecule has 2 heterocycles. The molecule has 3 rings (SSSR count). The van der Waals surface area contributed by atoms with Gasteiger partial charge in [-0.1, -0.05) is 13.0 Å². The van der Waals surface area contributed by atoms with Crippen LogP contribution in [0, 0.1) is 13.8 Å². The summed E-state index contributed by atoms with van der Waals surface area (Å²) in [5.41, 5.74) is 3.31. The standard InChI is InChI=1S/C19H28N4O2/c1-4-21-7-9-22(10-8-21)19(25)20-16-12-18(24)23(13-16)17-6-5-14(2)15(3)11-17/h5-6,11,16H,4,7-10,12-13H2,1-3H3,(H,20,25). The average Bonchev–Trinajstić information content (AvgIpc) is 2.97. The SMILES string of the molecule is CCN1CCN(C(=O)NC2CC(=O)N(c3ccc(C)c(C)c3)C2)CC1. The zero-order valence-corrected chi connectivity index (χ0v) is 15.4. The van der Waals surface area contributed by atoms with Gasteiger partial charge < -0.3 is 20.0 Å². The van der Waals surface area contributed by atoms with E-state index >= 15 is 0 Å². The molecule has 1 aromatic carbocycles. The fraction of sp³-hybridized carbons (Fsp3) is 0.579. The maximum atomic E-state index is 12.5.